The number of likely N-dealkylation sites (tertiary alicyclic amines) is 1. The predicted molar refractivity (Wildman–Crippen MR) is 75.3 cm³/mol. The van der Waals surface area contributed by atoms with Crippen LogP contribution in [0, 0.1) is 12.8 Å². The number of aryl methyl sites for hydroxylation is 2. The smallest absolute Gasteiger partial charge is 0.272 e. The molecule has 2 rings (SSSR count). The summed E-state index contributed by atoms with van der Waals surface area (Å²) in [5.41, 5.74) is 1.41. The van der Waals surface area contributed by atoms with Gasteiger partial charge in [0.1, 0.15) is 5.69 Å². The average molecular weight is 278 g/mol. The van der Waals surface area contributed by atoms with Crippen molar-refractivity contribution in [2.45, 2.75) is 19.8 Å². The van der Waals surface area contributed by atoms with Crippen LogP contribution in [0.25, 0.3) is 0 Å². The average Bonchev–Trinajstić information content (AvgIpc) is 2.76. The highest BCUT2D eigenvalue weighted by Gasteiger charge is 2.30. The van der Waals surface area contributed by atoms with Gasteiger partial charge in [0, 0.05) is 34.2 Å². The van der Waals surface area contributed by atoms with E-state index in [2.05, 4.69) is 5.10 Å². The summed E-state index contributed by atoms with van der Waals surface area (Å²) in [4.78, 5) is 27.9. The summed E-state index contributed by atoms with van der Waals surface area (Å²) in [6.07, 6.45) is 1.72. The van der Waals surface area contributed by atoms with Gasteiger partial charge >= 0.3 is 0 Å². The molecule has 0 radical (unpaired) electrons. The van der Waals surface area contributed by atoms with E-state index in [0.29, 0.717) is 18.8 Å². The summed E-state index contributed by atoms with van der Waals surface area (Å²) in [5, 5.41) is 4.20. The quantitative estimate of drug-likeness (QED) is 0.799. The van der Waals surface area contributed by atoms with Gasteiger partial charge in [0.05, 0.1) is 11.6 Å². The number of hydrogen-bond acceptors (Lipinski definition) is 3. The fraction of sp³-hybridized carbons (Fsp3) is 0.643. The fourth-order valence-electron chi connectivity index (χ4n) is 2.70. The molecule has 110 valence electrons. The molecule has 0 aromatic carbocycles. The number of carbonyl (C=O) groups excluding carboxylic acids is 2. The zero-order chi connectivity index (χ0) is 14.9. The van der Waals surface area contributed by atoms with Crippen LogP contribution in [0.5, 0.6) is 0 Å². The highest BCUT2D eigenvalue weighted by molar-refractivity contribution is 5.93. The Balaban J connectivity index is 2.11. The van der Waals surface area contributed by atoms with Crippen molar-refractivity contribution in [2.75, 3.05) is 27.2 Å². The van der Waals surface area contributed by atoms with E-state index in [9.17, 15) is 9.59 Å². The van der Waals surface area contributed by atoms with Crippen LogP contribution in [0.3, 0.4) is 0 Å². The topological polar surface area (TPSA) is 58.4 Å². The molecule has 1 aliphatic rings. The normalized spacial score (nSPS) is 19.0. The first-order valence-corrected chi connectivity index (χ1v) is 6.91. The van der Waals surface area contributed by atoms with Crippen LogP contribution in [0.15, 0.2) is 6.07 Å². The van der Waals surface area contributed by atoms with Crippen LogP contribution in [-0.2, 0) is 11.8 Å². The summed E-state index contributed by atoms with van der Waals surface area (Å²) in [6, 6.07) is 1.79. The van der Waals surface area contributed by atoms with Gasteiger partial charge in [0.2, 0.25) is 5.91 Å². The van der Waals surface area contributed by atoms with Crippen LogP contribution in [-0.4, -0.2) is 58.6 Å². The SMILES string of the molecule is Cc1cc(C(=O)N2CCCC(C(=O)N(C)C)C2)n(C)n1. The van der Waals surface area contributed by atoms with Crippen molar-refractivity contribution >= 4 is 11.8 Å². The van der Waals surface area contributed by atoms with Crippen LogP contribution in [0.1, 0.15) is 29.0 Å². The molecular weight excluding hydrogens is 256 g/mol. The second-order valence-corrected chi connectivity index (χ2v) is 5.62. The van der Waals surface area contributed by atoms with Gasteiger partial charge in [-0.3, -0.25) is 14.3 Å². The van der Waals surface area contributed by atoms with Gasteiger partial charge in [-0.1, -0.05) is 0 Å². The van der Waals surface area contributed by atoms with Crippen LogP contribution >= 0.6 is 0 Å². The number of amides is 2. The monoisotopic (exact) mass is 278 g/mol. The number of nitrogens with zero attached hydrogens (tertiary/aromatic N) is 4. The first-order valence-electron chi connectivity index (χ1n) is 6.91. The first-order chi connectivity index (χ1) is 9.40. The molecule has 2 amide bonds. The summed E-state index contributed by atoms with van der Waals surface area (Å²) in [5.74, 6) is -0.0231. The molecule has 0 bridgehead atoms. The molecule has 1 saturated heterocycles. The zero-order valence-corrected chi connectivity index (χ0v) is 12.6. The van der Waals surface area contributed by atoms with E-state index >= 15 is 0 Å². The Morgan fingerprint density at radius 1 is 1.40 bits per heavy atom. The number of hydrogen-bond donors (Lipinski definition) is 0. The first kappa shape index (κ1) is 14.6. The summed E-state index contributed by atoms with van der Waals surface area (Å²) in [6.45, 7) is 3.08. The molecule has 1 atom stereocenters. The van der Waals surface area contributed by atoms with Crippen LogP contribution in [0.4, 0.5) is 0 Å². The summed E-state index contributed by atoms with van der Waals surface area (Å²) < 4.78 is 1.61. The molecule has 6 heteroatoms. The molecule has 0 spiro atoms. The minimum Gasteiger partial charge on any atom is -0.349 e. The highest BCUT2D eigenvalue weighted by atomic mass is 16.2. The third-order valence-corrected chi connectivity index (χ3v) is 3.72. The molecule has 6 nitrogen and oxygen atoms in total. The fourth-order valence-corrected chi connectivity index (χ4v) is 2.70. The van der Waals surface area contributed by atoms with E-state index in [1.165, 1.54) is 0 Å². The molecule has 2 heterocycles. The number of aromatic nitrogens is 2. The van der Waals surface area contributed by atoms with E-state index in [4.69, 9.17) is 0 Å². The molecule has 20 heavy (non-hydrogen) atoms. The molecule has 1 aliphatic heterocycles. The van der Waals surface area contributed by atoms with E-state index in [-0.39, 0.29) is 17.7 Å². The molecule has 0 aliphatic carbocycles. The largest absolute Gasteiger partial charge is 0.349 e. The second-order valence-electron chi connectivity index (χ2n) is 5.62. The Labute approximate surface area is 119 Å². The van der Waals surface area contributed by atoms with Gasteiger partial charge in [-0.25, -0.2) is 0 Å². The van der Waals surface area contributed by atoms with Gasteiger partial charge in [0.15, 0.2) is 0 Å². The van der Waals surface area contributed by atoms with E-state index < -0.39 is 0 Å². The summed E-state index contributed by atoms with van der Waals surface area (Å²) in [7, 11) is 5.29. The lowest BCUT2D eigenvalue weighted by Gasteiger charge is -2.33. The lowest BCUT2D eigenvalue weighted by Crippen LogP contribution is -2.45. The third-order valence-electron chi connectivity index (χ3n) is 3.72. The maximum atomic E-state index is 12.5. The Morgan fingerprint density at radius 3 is 2.65 bits per heavy atom. The number of piperidine rings is 1. The van der Waals surface area contributed by atoms with E-state index in [1.54, 1.807) is 41.7 Å². The van der Waals surface area contributed by atoms with Crippen molar-refractivity contribution in [3.05, 3.63) is 17.5 Å². The number of carbonyl (C=O) groups is 2. The standard InChI is InChI=1S/C14H22N4O2/c1-10-8-12(17(4)15-10)14(20)18-7-5-6-11(9-18)13(19)16(2)3/h8,11H,5-7,9H2,1-4H3. The Bertz CT molecular complexity index is 521. The highest BCUT2D eigenvalue weighted by Crippen LogP contribution is 2.20. The minimum atomic E-state index is -0.0861. The minimum absolute atomic E-state index is 0.0376. The third kappa shape index (κ3) is 2.84. The van der Waals surface area contributed by atoms with Gasteiger partial charge in [-0.2, -0.15) is 5.10 Å². The van der Waals surface area contributed by atoms with Gasteiger partial charge in [0.25, 0.3) is 5.91 Å². The van der Waals surface area contributed by atoms with Gasteiger partial charge < -0.3 is 9.80 Å². The van der Waals surface area contributed by atoms with Crippen LogP contribution in [0.2, 0.25) is 0 Å². The molecule has 0 saturated carbocycles. The van der Waals surface area contributed by atoms with E-state index in [1.807, 2.05) is 6.92 Å². The Morgan fingerprint density at radius 2 is 2.10 bits per heavy atom. The lowest BCUT2D eigenvalue weighted by atomic mass is 9.96. The van der Waals surface area contributed by atoms with Gasteiger partial charge in [-0.15, -0.1) is 0 Å². The predicted octanol–water partition coefficient (Wildman–Crippen LogP) is 0.669. The molecule has 1 aromatic rings. The second kappa shape index (κ2) is 5.64. The van der Waals surface area contributed by atoms with Crippen LogP contribution < -0.4 is 0 Å². The maximum Gasteiger partial charge on any atom is 0.272 e. The van der Waals surface area contributed by atoms with Crippen molar-refractivity contribution in [1.82, 2.24) is 19.6 Å². The van der Waals surface area contributed by atoms with Crippen molar-refractivity contribution in [3.63, 3.8) is 0 Å². The number of rotatable bonds is 2. The molecule has 1 aromatic heterocycles. The van der Waals surface area contributed by atoms with Crippen molar-refractivity contribution in [2.24, 2.45) is 13.0 Å². The van der Waals surface area contributed by atoms with Crippen molar-refractivity contribution < 1.29 is 9.59 Å². The Hall–Kier alpha value is -1.85. The van der Waals surface area contributed by atoms with Crippen molar-refractivity contribution in [3.8, 4) is 0 Å². The molecule has 1 fully saturated rings. The Kier molecular flexibility index (Phi) is 4.11. The molecule has 0 N–H and O–H groups in total. The lowest BCUT2D eigenvalue weighted by molar-refractivity contribution is -0.134. The van der Waals surface area contributed by atoms with E-state index in [0.717, 1.165) is 18.5 Å². The van der Waals surface area contributed by atoms with Gasteiger partial charge in [-0.05, 0) is 25.8 Å². The maximum absolute atomic E-state index is 12.5. The summed E-state index contributed by atoms with van der Waals surface area (Å²) >= 11 is 0. The zero-order valence-electron chi connectivity index (χ0n) is 12.6. The van der Waals surface area contributed by atoms with Crippen molar-refractivity contribution in [1.29, 1.82) is 0 Å². The molecular formula is C14H22N4O2. The molecule has 1 unspecified atom stereocenters.